The lowest BCUT2D eigenvalue weighted by atomic mass is 9.94. The molecule has 0 aliphatic rings. The Labute approximate surface area is 310 Å². The number of halogens is 3. The van der Waals surface area contributed by atoms with Gasteiger partial charge in [-0.2, -0.15) is 13.2 Å². The van der Waals surface area contributed by atoms with E-state index in [0.29, 0.717) is 29.7 Å². The third kappa shape index (κ3) is 9.91. The monoisotopic (exact) mass is 738 g/mol. The van der Waals surface area contributed by atoms with E-state index in [4.69, 9.17) is 14.2 Å². The van der Waals surface area contributed by atoms with Crippen molar-refractivity contribution in [2.24, 2.45) is 0 Å². The van der Waals surface area contributed by atoms with Gasteiger partial charge in [0.15, 0.2) is 0 Å². The number of carbonyl (C=O) groups excluding carboxylic acids is 4. The first-order valence-electron chi connectivity index (χ1n) is 16.9. The van der Waals surface area contributed by atoms with Gasteiger partial charge in [0.1, 0.15) is 18.1 Å². The van der Waals surface area contributed by atoms with Crippen LogP contribution in [0.5, 0.6) is 11.5 Å². The van der Waals surface area contributed by atoms with Crippen molar-refractivity contribution in [2.45, 2.75) is 32.0 Å². The van der Waals surface area contributed by atoms with Crippen molar-refractivity contribution >= 4 is 29.4 Å². The summed E-state index contributed by atoms with van der Waals surface area (Å²) in [4.78, 5) is 53.2. The Morgan fingerprint density at radius 3 is 2.07 bits per heavy atom. The van der Waals surface area contributed by atoms with Gasteiger partial charge in [0.2, 0.25) is 0 Å². The van der Waals surface area contributed by atoms with Gasteiger partial charge in [0.05, 0.1) is 35.1 Å². The summed E-state index contributed by atoms with van der Waals surface area (Å²) >= 11 is 0. The number of nitrogens with zero attached hydrogens (tertiary/aromatic N) is 1. The number of aryl methyl sites for hydroxylation is 1. The highest BCUT2D eigenvalue weighted by Crippen LogP contribution is 2.37. The van der Waals surface area contributed by atoms with Crippen LogP contribution in [-0.2, 0) is 28.7 Å². The summed E-state index contributed by atoms with van der Waals surface area (Å²) in [5.41, 5.74) is 0.674. The van der Waals surface area contributed by atoms with Gasteiger partial charge in [-0.3, -0.25) is 14.4 Å². The topological polar surface area (TPSA) is 111 Å². The Morgan fingerprint density at radius 1 is 0.759 bits per heavy atom. The van der Waals surface area contributed by atoms with Crippen molar-refractivity contribution in [2.75, 3.05) is 26.5 Å². The number of carbonyl (C=O) groups is 4. The molecule has 0 bridgehead atoms. The molecule has 0 saturated heterocycles. The molecule has 5 aromatic rings. The van der Waals surface area contributed by atoms with Crippen LogP contribution in [0.25, 0.3) is 11.1 Å². The summed E-state index contributed by atoms with van der Waals surface area (Å²) < 4.78 is 58.3. The van der Waals surface area contributed by atoms with Gasteiger partial charge >= 0.3 is 18.1 Å². The van der Waals surface area contributed by atoms with Crippen LogP contribution in [-0.4, -0.2) is 49.9 Å². The number of alkyl halides is 3. The van der Waals surface area contributed by atoms with E-state index in [1.165, 1.54) is 61.5 Å². The number of benzene rings is 5. The molecule has 5 rings (SSSR count). The van der Waals surface area contributed by atoms with Gasteiger partial charge in [-0.05, 0) is 89.7 Å². The summed E-state index contributed by atoms with van der Waals surface area (Å²) in [5, 5.41) is 2.55. The first kappa shape index (κ1) is 38.8. The fraction of sp³-hybridized carbons (Fsp3) is 0.190. The molecule has 0 aliphatic carbocycles. The second-order valence-electron chi connectivity index (χ2n) is 12.4. The zero-order valence-electron chi connectivity index (χ0n) is 29.7. The maximum Gasteiger partial charge on any atom is 0.417 e. The van der Waals surface area contributed by atoms with Crippen LogP contribution < -0.4 is 14.8 Å². The first-order valence-corrected chi connectivity index (χ1v) is 16.9. The van der Waals surface area contributed by atoms with Crippen molar-refractivity contribution in [3.8, 4) is 22.6 Å². The van der Waals surface area contributed by atoms with Crippen LogP contribution in [0.1, 0.15) is 60.6 Å². The average Bonchev–Trinajstić information content (AvgIpc) is 3.17. The van der Waals surface area contributed by atoms with Crippen LogP contribution in [0.4, 0.5) is 18.9 Å². The average molecular weight is 739 g/mol. The maximum absolute atomic E-state index is 14.2. The lowest BCUT2D eigenvalue weighted by molar-refractivity contribution is -0.138. The standard InChI is InChI=1S/C42H37F3N2O7/c1-47(2)40(50)34-25-27(17-24-36(34)46-39(49)38-33(29-10-5-4-6-11-29)12-8-13-35(38)42(43,44)45)9-7-14-37(48)54-32-22-18-30(19-23-32)41(51)53-26-28-15-20-31(52-3)21-16-28/h4-6,8,10-13,15-25H,7,9,14,26H2,1-3H3,(H,46,49). The van der Waals surface area contributed by atoms with Crippen molar-refractivity contribution < 1.29 is 46.6 Å². The summed E-state index contributed by atoms with van der Waals surface area (Å²) in [5.74, 6) is -1.63. The van der Waals surface area contributed by atoms with Crippen molar-refractivity contribution in [1.82, 2.24) is 4.90 Å². The smallest absolute Gasteiger partial charge is 0.417 e. The number of nitrogens with one attached hydrogen (secondary N) is 1. The van der Waals surface area contributed by atoms with Gasteiger partial charge < -0.3 is 24.4 Å². The summed E-state index contributed by atoms with van der Waals surface area (Å²) in [6.45, 7) is 0.0772. The highest BCUT2D eigenvalue weighted by atomic mass is 19.4. The number of hydrogen-bond donors (Lipinski definition) is 1. The molecule has 12 heteroatoms. The molecule has 0 spiro atoms. The molecule has 2 amide bonds. The molecule has 5 aromatic carbocycles. The van der Waals surface area contributed by atoms with E-state index in [1.54, 1.807) is 73.8 Å². The highest BCUT2D eigenvalue weighted by Gasteiger charge is 2.37. The zero-order chi connectivity index (χ0) is 38.8. The molecular weight excluding hydrogens is 701 g/mol. The normalized spacial score (nSPS) is 11.0. The minimum Gasteiger partial charge on any atom is -0.497 e. The third-order valence-electron chi connectivity index (χ3n) is 8.35. The number of methoxy groups -OCH3 is 1. The number of ether oxygens (including phenoxy) is 3. The number of esters is 2. The molecule has 0 fully saturated rings. The Morgan fingerprint density at radius 2 is 1.43 bits per heavy atom. The fourth-order valence-electron chi connectivity index (χ4n) is 5.58. The Kier molecular flexibility index (Phi) is 12.5. The minimum atomic E-state index is -4.82. The third-order valence-corrected chi connectivity index (χ3v) is 8.35. The summed E-state index contributed by atoms with van der Waals surface area (Å²) in [6, 6.07) is 29.5. The second kappa shape index (κ2) is 17.4. The molecule has 0 heterocycles. The van der Waals surface area contributed by atoms with Crippen LogP contribution in [0.2, 0.25) is 0 Å². The van der Waals surface area contributed by atoms with E-state index >= 15 is 0 Å². The summed E-state index contributed by atoms with van der Waals surface area (Å²) in [6.07, 6.45) is -4.10. The Balaban J connectivity index is 1.21. The number of rotatable bonds is 13. The van der Waals surface area contributed by atoms with Crippen molar-refractivity contribution in [3.63, 3.8) is 0 Å². The molecule has 1 N–H and O–H groups in total. The number of anilines is 1. The Bertz CT molecular complexity index is 2120. The zero-order valence-corrected chi connectivity index (χ0v) is 29.7. The molecule has 0 aliphatic heterocycles. The molecule has 278 valence electrons. The molecular formula is C42H37F3N2O7. The predicted octanol–water partition coefficient (Wildman–Crippen LogP) is 8.62. The lowest BCUT2D eigenvalue weighted by Gasteiger charge is -2.19. The predicted molar refractivity (Wildman–Crippen MR) is 196 cm³/mol. The highest BCUT2D eigenvalue weighted by molar-refractivity contribution is 6.12. The van der Waals surface area contributed by atoms with E-state index in [9.17, 15) is 32.3 Å². The quantitative estimate of drug-likeness (QED) is 0.0952. The van der Waals surface area contributed by atoms with Crippen LogP contribution >= 0.6 is 0 Å². The Hall–Kier alpha value is -6.43. The van der Waals surface area contributed by atoms with E-state index in [0.717, 1.165) is 11.6 Å². The van der Waals surface area contributed by atoms with Crippen LogP contribution in [0.15, 0.2) is 115 Å². The van der Waals surface area contributed by atoms with Crippen molar-refractivity contribution in [3.05, 3.63) is 149 Å². The van der Waals surface area contributed by atoms with Gasteiger partial charge in [-0.1, -0.05) is 60.7 Å². The maximum atomic E-state index is 14.2. The van der Waals surface area contributed by atoms with Crippen LogP contribution in [0, 0.1) is 0 Å². The SMILES string of the molecule is COc1ccc(COC(=O)c2ccc(OC(=O)CCCc3ccc(NC(=O)c4c(-c5ccccc5)cccc4C(F)(F)F)c(C(=O)N(C)C)c3)cc2)cc1. The molecule has 0 atom stereocenters. The summed E-state index contributed by atoms with van der Waals surface area (Å²) in [7, 11) is 4.59. The molecule has 0 radical (unpaired) electrons. The fourth-order valence-corrected chi connectivity index (χ4v) is 5.58. The number of amides is 2. The minimum absolute atomic E-state index is 0.0254. The van der Waals surface area contributed by atoms with E-state index < -0.39 is 41.1 Å². The van der Waals surface area contributed by atoms with Crippen LogP contribution in [0.3, 0.4) is 0 Å². The molecule has 0 saturated carbocycles. The van der Waals surface area contributed by atoms with Gasteiger partial charge in [0.25, 0.3) is 11.8 Å². The second-order valence-corrected chi connectivity index (χ2v) is 12.4. The molecule has 0 unspecified atom stereocenters. The number of hydrogen-bond acceptors (Lipinski definition) is 7. The van der Waals surface area contributed by atoms with E-state index in [1.807, 2.05) is 0 Å². The lowest BCUT2D eigenvalue weighted by Crippen LogP contribution is -2.25. The molecule has 54 heavy (non-hydrogen) atoms. The van der Waals surface area contributed by atoms with Crippen molar-refractivity contribution in [1.29, 1.82) is 0 Å². The van der Waals surface area contributed by atoms with Gasteiger partial charge in [-0.15, -0.1) is 0 Å². The molecule has 9 nitrogen and oxygen atoms in total. The van der Waals surface area contributed by atoms with Gasteiger partial charge in [0, 0.05) is 20.5 Å². The van der Waals surface area contributed by atoms with Gasteiger partial charge in [-0.25, -0.2) is 4.79 Å². The largest absolute Gasteiger partial charge is 0.497 e. The molecule has 0 aromatic heterocycles. The van der Waals surface area contributed by atoms with E-state index in [2.05, 4.69) is 5.32 Å². The first-order chi connectivity index (χ1) is 25.8. The van der Waals surface area contributed by atoms with E-state index in [-0.39, 0.29) is 41.2 Å².